The summed E-state index contributed by atoms with van der Waals surface area (Å²) in [6, 6.07) is 4.10. The van der Waals surface area contributed by atoms with E-state index < -0.39 is 0 Å². The van der Waals surface area contributed by atoms with Gasteiger partial charge in [0.05, 0.1) is 12.1 Å². The fraction of sp³-hybridized carbons (Fsp3) is 0.643. The Morgan fingerprint density at radius 1 is 1.39 bits per heavy atom. The lowest BCUT2D eigenvalue weighted by atomic mass is 10.0. The number of nitrogens with two attached hydrogens (primary N) is 1. The number of aromatic nitrogens is 1. The van der Waals surface area contributed by atoms with Gasteiger partial charge in [0.15, 0.2) is 0 Å². The average molecular weight is 251 g/mol. The van der Waals surface area contributed by atoms with Crippen LogP contribution < -0.4 is 5.73 Å². The van der Waals surface area contributed by atoms with Crippen molar-refractivity contribution in [2.75, 3.05) is 33.4 Å². The predicted octanol–water partition coefficient (Wildman–Crippen LogP) is 1.31. The monoisotopic (exact) mass is 251 g/mol. The Labute approximate surface area is 110 Å². The van der Waals surface area contributed by atoms with E-state index in [2.05, 4.69) is 36.0 Å². The molecular weight excluding hydrogens is 226 g/mol. The van der Waals surface area contributed by atoms with E-state index in [4.69, 9.17) is 10.5 Å². The van der Waals surface area contributed by atoms with Gasteiger partial charge in [-0.25, -0.2) is 0 Å². The summed E-state index contributed by atoms with van der Waals surface area (Å²) in [5.74, 6) is 0. The highest BCUT2D eigenvalue weighted by Crippen LogP contribution is 2.13. The van der Waals surface area contributed by atoms with E-state index in [9.17, 15) is 0 Å². The lowest BCUT2D eigenvalue weighted by Gasteiger charge is -2.37. The second-order valence-corrected chi connectivity index (χ2v) is 4.87. The molecule has 2 N–H and O–H groups in total. The number of hydrogen-bond donors (Lipinski definition) is 1. The van der Waals surface area contributed by atoms with E-state index >= 15 is 0 Å². The van der Waals surface area contributed by atoms with Gasteiger partial charge < -0.3 is 10.5 Å². The first kappa shape index (κ1) is 15.1. The van der Waals surface area contributed by atoms with Gasteiger partial charge in [-0.05, 0) is 45.0 Å². The van der Waals surface area contributed by atoms with Crippen molar-refractivity contribution in [1.29, 1.82) is 0 Å². The predicted molar refractivity (Wildman–Crippen MR) is 74.5 cm³/mol. The van der Waals surface area contributed by atoms with E-state index in [0.717, 1.165) is 19.6 Å². The van der Waals surface area contributed by atoms with E-state index in [-0.39, 0.29) is 5.54 Å². The lowest BCUT2D eigenvalue weighted by molar-refractivity contribution is 0.0246. The molecule has 0 saturated heterocycles. The molecule has 0 aromatic carbocycles. The number of nitrogens with zero attached hydrogens (tertiary/aromatic N) is 2. The number of rotatable bonds is 8. The zero-order chi connectivity index (χ0) is 13.4. The summed E-state index contributed by atoms with van der Waals surface area (Å²) in [4.78, 5) is 6.31. The number of ether oxygens (including phenoxy) is 1. The molecule has 1 aromatic heterocycles. The molecule has 1 rings (SSSR count). The van der Waals surface area contributed by atoms with Crippen LogP contribution in [0.1, 0.15) is 19.4 Å². The van der Waals surface area contributed by atoms with Crippen molar-refractivity contribution in [3.63, 3.8) is 0 Å². The molecule has 1 aromatic rings. The molecule has 4 heteroatoms. The van der Waals surface area contributed by atoms with Gasteiger partial charge in [-0.3, -0.25) is 9.88 Å². The number of hydrogen-bond acceptors (Lipinski definition) is 4. The largest absolute Gasteiger partial charge is 0.380 e. The van der Waals surface area contributed by atoms with Crippen molar-refractivity contribution in [3.8, 4) is 0 Å². The van der Waals surface area contributed by atoms with Crippen LogP contribution in [0.4, 0.5) is 0 Å². The van der Waals surface area contributed by atoms with Gasteiger partial charge in [0, 0.05) is 32.1 Å². The van der Waals surface area contributed by atoms with Gasteiger partial charge in [0.1, 0.15) is 0 Å². The van der Waals surface area contributed by atoms with Crippen molar-refractivity contribution in [2.45, 2.75) is 25.8 Å². The Balaban J connectivity index is 2.49. The second-order valence-electron chi connectivity index (χ2n) is 4.87. The van der Waals surface area contributed by atoms with Crippen molar-refractivity contribution < 1.29 is 4.74 Å². The second kappa shape index (κ2) is 7.46. The summed E-state index contributed by atoms with van der Waals surface area (Å²) in [6.45, 7) is 7.12. The standard InChI is InChI=1S/C14H25N3O/c1-4-18-12-14(2,11-15)17(3)10-7-13-5-8-16-9-6-13/h5-6,8-9H,4,7,10-12,15H2,1-3H3. The molecule has 1 heterocycles. The molecule has 102 valence electrons. The highest BCUT2D eigenvalue weighted by molar-refractivity contribution is 5.10. The first-order valence-electron chi connectivity index (χ1n) is 6.50. The summed E-state index contributed by atoms with van der Waals surface area (Å²) < 4.78 is 5.53. The third kappa shape index (κ3) is 4.37. The maximum absolute atomic E-state index is 5.89. The number of pyridine rings is 1. The SMILES string of the molecule is CCOCC(C)(CN)N(C)CCc1ccncc1. The molecule has 0 aliphatic heterocycles. The van der Waals surface area contributed by atoms with Crippen LogP contribution in [0.2, 0.25) is 0 Å². The van der Waals surface area contributed by atoms with Crippen LogP contribution in [0.3, 0.4) is 0 Å². The first-order valence-corrected chi connectivity index (χ1v) is 6.50. The highest BCUT2D eigenvalue weighted by atomic mass is 16.5. The van der Waals surface area contributed by atoms with Crippen LogP contribution in [0.25, 0.3) is 0 Å². The molecule has 1 atom stereocenters. The quantitative estimate of drug-likeness (QED) is 0.757. The number of likely N-dealkylation sites (N-methyl/N-ethyl adjacent to an activating group) is 1. The van der Waals surface area contributed by atoms with E-state index in [0.29, 0.717) is 13.2 Å². The molecule has 4 nitrogen and oxygen atoms in total. The van der Waals surface area contributed by atoms with Crippen LogP contribution in [-0.2, 0) is 11.2 Å². The Hall–Kier alpha value is -0.970. The van der Waals surface area contributed by atoms with Crippen LogP contribution in [0.5, 0.6) is 0 Å². The third-order valence-corrected chi connectivity index (χ3v) is 3.46. The third-order valence-electron chi connectivity index (χ3n) is 3.46. The fourth-order valence-corrected chi connectivity index (χ4v) is 1.76. The molecule has 18 heavy (non-hydrogen) atoms. The summed E-state index contributed by atoms with van der Waals surface area (Å²) in [6.07, 6.45) is 4.66. The molecule has 0 saturated carbocycles. The van der Waals surface area contributed by atoms with E-state index in [1.54, 1.807) is 0 Å². The molecular formula is C14H25N3O. The summed E-state index contributed by atoms with van der Waals surface area (Å²) in [5, 5.41) is 0. The van der Waals surface area contributed by atoms with E-state index in [1.165, 1.54) is 5.56 Å². The first-order chi connectivity index (χ1) is 8.62. The molecule has 0 aliphatic rings. The molecule has 0 fully saturated rings. The normalized spacial score (nSPS) is 14.7. The Morgan fingerprint density at radius 2 is 2.06 bits per heavy atom. The zero-order valence-corrected chi connectivity index (χ0v) is 11.7. The summed E-state index contributed by atoms with van der Waals surface area (Å²) in [5.41, 5.74) is 7.09. The molecule has 0 spiro atoms. The van der Waals surface area contributed by atoms with Gasteiger partial charge in [0.25, 0.3) is 0 Å². The maximum atomic E-state index is 5.89. The van der Waals surface area contributed by atoms with Crippen LogP contribution in [0.15, 0.2) is 24.5 Å². The molecule has 0 aliphatic carbocycles. The average Bonchev–Trinajstić information content (AvgIpc) is 2.43. The Bertz CT molecular complexity index is 331. The van der Waals surface area contributed by atoms with Crippen molar-refractivity contribution in [2.24, 2.45) is 5.73 Å². The van der Waals surface area contributed by atoms with Crippen LogP contribution in [-0.4, -0.2) is 48.8 Å². The molecule has 0 bridgehead atoms. The minimum Gasteiger partial charge on any atom is -0.380 e. The zero-order valence-electron chi connectivity index (χ0n) is 11.7. The van der Waals surface area contributed by atoms with Gasteiger partial charge in [0.2, 0.25) is 0 Å². The van der Waals surface area contributed by atoms with Gasteiger partial charge in [-0.2, -0.15) is 0 Å². The van der Waals surface area contributed by atoms with Gasteiger partial charge in [-0.1, -0.05) is 0 Å². The minimum atomic E-state index is -0.0942. The lowest BCUT2D eigenvalue weighted by Crippen LogP contribution is -2.53. The van der Waals surface area contributed by atoms with Crippen molar-refractivity contribution in [1.82, 2.24) is 9.88 Å². The smallest absolute Gasteiger partial charge is 0.0659 e. The van der Waals surface area contributed by atoms with Crippen LogP contribution >= 0.6 is 0 Å². The Kier molecular flexibility index (Phi) is 6.25. The Morgan fingerprint density at radius 3 is 2.61 bits per heavy atom. The topological polar surface area (TPSA) is 51.4 Å². The van der Waals surface area contributed by atoms with E-state index in [1.807, 2.05) is 19.3 Å². The molecule has 1 unspecified atom stereocenters. The molecule has 0 amide bonds. The van der Waals surface area contributed by atoms with Crippen molar-refractivity contribution in [3.05, 3.63) is 30.1 Å². The van der Waals surface area contributed by atoms with Crippen LogP contribution in [0, 0.1) is 0 Å². The fourth-order valence-electron chi connectivity index (χ4n) is 1.76. The van der Waals surface area contributed by atoms with Gasteiger partial charge >= 0.3 is 0 Å². The van der Waals surface area contributed by atoms with Gasteiger partial charge in [-0.15, -0.1) is 0 Å². The summed E-state index contributed by atoms with van der Waals surface area (Å²) >= 11 is 0. The minimum absolute atomic E-state index is 0.0942. The summed E-state index contributed by atoms with van der Waals surface area (Å²) in [7, 11) is 2.10. The highest BCUT2D eigenvalue weighted by Gasteiger charge is 2.27. The maximum Gasteiger partial charge on any atom is 0.0659 e. The van der Waals surface area contributed by atoms with Crippen molar-refractivity contribution >= 4 is 0 Å². The molecule has 0 radical (unpaired) electrons.